The Morgan fingerprint density at radius 3 is 2.67 bits per heavy atom. The fourth-order valence-electron chi connectivity index (χ4n) is 4.70. The highest BCUT2D eigenvalue weighted by Gasteiger charge is 2.29. The van der Waals surface area contributed by atoms with Gasteiger partial charge in [0, 0.05) is 47.3 Å². The zero-order valence-corrected chi connectivity index (χ0v) is 21.3. The van der Waals surface area contributed by atoms with E-state index in [4.69, 9.17) is 18.6 Å². The summed E-state index contributed by atoms with van der Waals surface area (Å²) in [5, 5.41) is 0.901. The average Bonchev–Trinajstić information content (AvgIpc) is 3.31. The summed E-state index contributed by atoms with van der Waals surface area (Å²) in [6, 6.07) is 11.7. The van der Waals surface area contributed by atoms with E-state index in [-0.39, 0.29) is 17.8 Å². The lowest BCUT2D eigenvalue weighted by molar-refractivity contribution is -0.150. The van der Waals surface area contributed by atoms with E-state index in [9.17, 15) is 9.59 Å². The molecule has 1 aromatic heterocycles. The van der Waals surface area contributed by atoms with Crippen molar-refractivity contribution in [3.05, 3.63) is 54.3 Å². The number of para-hydroxylation sites is 1. The Balaban J connectivity index is 1.68. The summed E-state index contributed by atoms with van der Waals surface area (Å²) in [5.74, 6) is 0.765. The fraction of sp³-hybridized carbons (Fsp3) is 0.379. The summed E-state index contributed by atoms with van der Waals surface area (Å²) in [6.45, 7) is 7.43. The van der Waals surface area contributed by atoms with Crippen LogP contribution in [0, 0.1) is 5.92 Å². The zero-order valence-electron chi connectivity index (χ0n) is 21.3. The molecule has 0 radical (unpaired) electrons. The molecule has 2 heterocycles. The highest BCUT2D eigenvalue weighted by molar-refractivity contribution is 6.01. The summed E-state index contributed by atoms with van der Waals surface area (Å²) in [5.41, 5.74) is 4.10. The number of ether oxygens (including phenoxy) is 3. The Morgan fingerprint density at radius 2 is 1.92 bits per heavy atom. The van der Waals surface area contributed by atoms with Crippen molar-refractivity contribution < 1.29 is 28.2 Å². The zero-order chi connectivity index (χ0) is 25.7. The number of nitrogens with zero attached hydrogens (tertiary/aromatic N) is 1. The molecule has 0 bridgehead atoms. The number of hydrogen-bond donors (Lipinski definition) is 0. The molecule has 1 aliphatic heterocycles. The smallest absolute Gasteiger partial charge is 0.310 e. The first-order chi connectivity index (χ1) is 17.5. The van der Waals surface area contributed by atoms with E-state index in [0.29, 0.717) is 37.6 Å². The van der Waals surface area contributed by atoms with Gasteiger partial charge in [0.25, 0.3) is 0 Å². The van der Waals surface area contributed by atoms with E-state index in [1.54, 1.807) is 31.3 Å². The highest BCUT2D eigenvalue weighted by atomic mass is 16.5. The van der Waals surface area contributed by atoms with E-state index in [2.05, 4.69) is 0 Å². The average molecular weight is 492 g/mol. The molecule has 190 valence electrons. The summed E-state index contributed by atoms with van der Waals surface area (Å²) < 4.78 is 22.5. The molecule has 1 amide bonds. The number of hydrogen-bond acceptors (Lipinski definition) is 6. The van der Waals surface area contributed by atoms with E-state index in [1.807, 2.05) is 50.2 Å². The first kappa shape index (κ1) is 25.4. The molecule has 1 atom stereocenters. The molecule has 36 heavy (non-hydrogen) atoms. The number of methoxy groups -OCH3 is 1. The summed E-state index contributed by atoms with van der Waals surface area (Å²) in [6.07, 6.45) is 4.85. The first-order valence-electron chi connectivity index (χ1n) is 12.4. The second-order valence-corrected chi connectivity index (χ2v) is 8.83. The molecule has 1 saturated heterocycles. The molecule has 0 aliphatic carbocycles. The number of furan rings is 1. The molecule has 1 aliphatic rings. The van der Waals surface area contributed by atoms with E-state index in [1.165, 1.54) is 0 Å². The normalized spacial score (nSPS) is 16.2. The topological polar surface area (TPSA) is 78.2 Å². The Hall–Kier alpha value is -3.74. The number of carbonyl (C=O) groups is 2. The quantitative estimate of drug-likeness (QED) is 0.297. The lowest BCUT2D eigenvalue weighted by atomic mass is 9.97. The van der Waals surface area contributed by atoms with Gasteiger partial charge in [0.15, 0.2) is 0 Å². The van der Waals surface area contributed by atoms with Crippen molar-refractivity contribution in [2.45, 2.75) is 33.6 Å². The van der Waals surface area contributed by atoms with Crippen LogP contribution in [0.25, 0.3) is 27.7 Å². The van der Waals surface area contributed by atoms with Crippen LogP contribution in [0.3, 0.4) is 0 Å². The van der Waals surface area contributed by atoms with Crippen molar-refractivity contribution in [3.8, 4) is 22.6 Å². The Bertz CT molecular complexity index is 1270. The monoisotopic (exact) mass is 491 g/mol. The Morgan fingerprint density at radius 1 is 1.11 bits per heavy atom. The molecule has 7 nitrogen and oxygen atoms in total. The maximum atomic E-state index is 13.2. The van der Waals surface area contributed by atoms with Crippen LogP contribution in [0.2, 0.25) is 0 Å². The van der Waals surface area contributed by atoms with Gasteiger partial charge >= 0.3 is 5.97 Å². The van der Waals surface area contributed by atoms with Gasteiger partial charge in [-0.2, -0.15) is 0 Å². The minimum Gasteiger partial charge on any atom is -0.496 e. The Kier molecular flexibility index (Phi) is 7.98. The van der Waals surface area contributed by atoms with Gasteiger partial charge in [-0.15, -0.1) is 0 Å². The van der Waals surface area contributed by atoms with Gasteiger partial charge in [0.05, 0.1) is 32.5 Å². The SMILES string of the molecule is CCOC(=O)C1CCCN(C(=O)/C=C(\C)c2cc3c(-c4ccccc4OC)coc3cc2OCC)C1. The van der Waals surface area contributed by atoms with Gasteiger partial charge in [-0.05, 0) is 51.3 Å². The second kappa shape index (κ2) is 11.3. The van der Waals surface area contributed by atoms with Crippen molar-refractivity contribution in [2.24, 2.45) is 5.92 Å². The summed E-state index contributed by atoms with van der Waals surface area (Å²) in [4.78, 5) is 27.1. The molecule has 2 aromatic carbocycles. The summed E-state index contributed by atoms with van der Waals surface area (Å²) in [7, 11) is 1.64. The third-order valence-electron chi connectivity index (χ3n) is 6.49. The van der Waals surface area contributed by atoms with Crippen molar-refractivity contribution >= 4 is 28.4 Å². The van der Waals surface area contributed by atoms with Crippen LogP contribution in [0.4, 0.5) is 0 Å². The minimum absolute atomic E-state index is 0.124. The van der Waals surface area contributed by atoms with Gasteiger partial charge in [0.2, 0.25) is 5.91 Å². The first-order valence-corrected chi connectivity index (χ1v) is 12.4. The number of allylic oxidation sites excluding steroid dienone is 1. The summed E-state index contributed by atoms with van der Waals surface area (Å²) >= 11 is 0. The number of carbonyl (C=O) groups excluding carboxylic acids is 2. The standard InChI is InChI=1S/C29H33NO6/c1-5-34-26-16-27-23(24(18-36-27)21-11-7-8-12-25(21)33-4)15-22(26)19(3)14-28(31)30-13-9-10-20(17-30)29(32)35-6-2/h7-8,11-12,14-16,18,20H,5-6,9-10,13,17H2,1-4H3/b19-14+. The molecule has 3 aromatic rings. The van der Waals surface area contributed by atoms with Crippen LogP contribution in [-0.4, -0.2) is 50.2 Å². The predicted octanol–water partition coefficient (Wildman–Crippen LogP) is 5.71. The van der Waals surface area contributed by atoms with Crippen LogP contribution in [0.15, 0.2) is 53.2 Å². The van der Waals surface area contributed by atoms with Gasteiger partial charge in [-0.25, -0.2) is 0 Å². The van der Waals surface area contributed by atoms with E-state index < -0.39 is 0 Å². The van der Waals surface area contributed by atoms with Crippen molar-refractivity contribution in [2.75, 3.05) is 33.4 Å². The molecule has 0 N–H and O–H groups in total. The van der Waals surface area contributed by atoms with Crippen LogP contribution < -0.4 is 9.47 Å². The molecular weight excluding hydrogens is 458 g/mol. The number of likely N-dealkylation sites (tertiary alicyclic amines) is 1. The van der Waals surface area contributed by atoms with Gasteiger partial charge < -0.3 is 23.5 Å². The number of fused-ring (bicyclic) bond motifs is 1. The Labute approximate surface area is 211 Å². The van der Waals surface area contributed by atoms with E-state index >= 15 is 0 Å². The molecule has 4 rings (SSSR count). The molecule has 0 saturated carbocycles. The molecular formula is C29H33NO6. The van der Waals surface area contributed by atoms with Gasteiger partial charge in [-0.1, -0.05) is 18.2 Å². The third-order valence-corrected chi connectivity index (χ3v) is 6.49. The minimum atomic E-state index is -0.277. The van der Waals surface area contributed by atoms with Crippen LogP contribution in [0.5, 0.6) is 11.5 Å². The predicted molar refractivity (Wildman–Crippen MR) is 139 cm³/mol. The second-order valence-electron chi connectivity index (χ2n) is 8.83. The maximum absolute atomic E-state index is 13.2. The van der Waals surface area contributed by atoms with Gasteiger partial charge in [0.1, 0.15) is 17.1 Å². The molecule has 1 unspecified atom stereocenters. The van der Waals surface area contributed by atoms with E-state index in [0.717, 1.165) is 46.2 Å². The van der Waals surface area contributed by atoms with Gasteiger partial charge in [-0.3, -0.25) is 9.59 Å². The van der Waals surface area contributed by atoms with Crippen LogP contribution >= 0.6 is 0 Å². The lowest BCUT2D eigenvalue weighted by Gasteiger charge is -2.31. The van der Waals surface area contributed by atoms with Crippen molar-refractivity contribution in [1.29, 1.82) is 0 Å². The van der Waals surface area contributed by atoms with Crippen molar-refractivity contribution in [3.63, 3.8) is 0 Å². The maximum Gasteiger partial charge on any atom is 0.310 e. The number of rotatable bonds is 8. The largest absolute Gasteiger partial charge is 0.496 e. The molecule has 7 heteroatoms. The number of esters is 1. The van der Waals surface area contributed by atoms with Crippen LogP contribution in [-0.2, 0) is 14.3 Å². The van der Waals surface area contributed by atoms with Crippen LogP contribution in [0.1, 0.15) is 39.2 Å². The van der Waals surface area contributed by atoms with Crippen molar-refractivity contribution in [1.82, 2.24) is 4.90 Å². The number of piperidine rings is 1. The molecule has 1 fully saturated rings. The fourth-order valence-corrected chi connectivity index (χ4v) is 4.70. The third kappa shape index (κ3) is 5.25. The number of amides is 1. The molecule has 0 spiro atoms. The lowest BCUT2D eigenvalue weighted by Crippen LogP contribution is -2.42. The number of benzene rings is 2. The highest BCUT2D eigenvalue weighted by Crippen LogP contribution is 2.40.